The summed E-state index contributed by atoms with van der Waals surface area (Å²) in [5.74, 6) is -0.221. The normalized spacial score (nSPS) is 12.2. The summed E-state index contributed by atoms with van der Waals surface area (Å²) in [5.41, 5.74) is 9.07. The van der Waals surface area contributed by atoms with Gasteiger partial charge in [-0.15, -0.1) is 0 Å². The maximum atomic E-state index is 13.0. The highest BCUT2D eigenvalue weighted by Gasteiger charge is 2.13. The molecule has 0 aliphatic carbocycles. The van der Waals surface area contributed by atoms with Crippen LogP contribution < -0.4 is 10.6 Å². The average Bonchev–Trinajstić information content (AvgIpc) is 2.43. The SMILES string of the molecule is CC(N)Cc1c(Cl)cccc1N(C)Cc1ccc(F)cc1. The van der Waals surface area contributed by atoms with Crippen LogP contribution in [0.4, 0.5) is 10.1 Å². The quantitative estimate of drug-likeness (QED) is 0.904. The van der Waals surface area contributed by atoms with Gasteiger partial charge in [-0.1, -0.05) is 29.8 Å². The summed E-state index contributed by atoms with van der Waals surface area (Å²) < 4.78 is 13.0. The van der Waals surface area contributed by atoms with Crippen molar-refractivity contribution in [2.24, 2.45) is 5.73 Å². The molecule has 0 aromatic heterocycles. The van der Waals surface area contributed by atoms with Crippen LogP contribution in [0.1, 0.15) is 18.1 Å². The second-order valence-corrected chi connectivity index (χ2v) is 5.81. The van der Waals surface area contributed by atoms with E-state index in [0.717, 1.165) is 28.3 Å². The number of hydrogen-bond donors (Lipinski definition) is 1. The van der Waals surface area contributed by atoms with E-state index < -0.39 is 0 Å². The molecular formula is C17H20ClFN2. The first-order chi connectivity index (χ1) is 9.97. The highest BCUT2D eigenvalue weighted by atomic mass is 35.5. The number of halogens is 2. The Morgan fingerprint density at radius 3 is 2.48 bits per heavy atom. The number of hydrogen-bond acceptors (Lipinski definition) is 2. The average molecular weight is 307 g/mol. The maximum Gasteiger partial charge on any atom is 0.123 e. The smallest absolute Gasteiger partial charge is 0.123 e. The van der Waals surface area contributed by atoms with Crippen molar-refractivity contribution in [3.8, 4) is 0 Å². The molecule has 0 bridgehead atoms. The first-order valence-corrected chi connectivity index (χ1v) is 7.33. The highest BCUT2D eigenvalue weighted by Crippen LogP contribution is 2.29. The lowest BCUT2D eigenvalue weighted by atomic mass is 10.0. The van der Waals surface area contributed by atoms with Crippen molar-refractivity contribution >= 4 is 17.3 Å². The Kier molecular flexibility index (Phi) is 5.21. The Morgan fingerprint density at radius 2 is 1.86 bits per heavy atom. The van der Waals surface area contributed by atoms with Crippen LogP contribution in [0.5, 0.6) is 0 Å². The van der Waals surface area contributed by atoms with Crippen molar-refractivity contribution in [2.45, 2.75) is 25.9 Å². The van der Waals surface area contributed by atoms with Gasteiger partial charge in [-0.2, -0.15) is 0 Å². The van der Waals surface area contributed by atoms with Gasteiger partial charge >= 0.3 is 0 Å². The van der Waals surface area contributed by atoms with Gasteiger partial charge in [0.25, 0.3) is 0 Å². The first-order valence-electron chi connectivity index (χ1n) is 6.96. The molecule has 0 aliphatic rings. The Balaban J connectivity index is 2.24. The summed E-state index contributed by atoms with van der Waals surface area (Å²) in [6.07, 6.45) is 0.725. The van der Waals surface area contributed by atoms with Gasteiger partial charge in [-0.25, -0.2) is 4.39 Å². The van der Waals surface area contributed by atoms with Crippen LogP contribution in [0, 0.1) is 5.82 Å². The van der Waals surface area contributed by atoms with Gasteiger partial charge in [0.1, 0.15) is 5.82 Å². The largest absolute Gasteiger partial charge is 0.370 e. The summed E-state index contributed by atoms with van der Waals surface area (Å²) in [4.78, 5) is 2.11. The van der Waals surface area contributed by atoms with Crippen LogP contribution in [0.25, 0.3) is 0 Å². The highest BCUT2D eigenvalue weighted by molar-refractivity contribution is 6.31. The molecule has 0 amide bonds. The van der Waals surface area contributed by atoms with Gasteiger partial charge in [0.15, 0.2) is 0 Å². The minimum Gasteiger partial charge on any atom is -0.370 e. The lowest BCUT2D eigenvalue weighted by Gasteiger charge is -2.24. The molecule has 1 unspecified atom stereocenters. The van der Waals surface area contributed by atoms with Crippen LogP contribution in [0.3, 0.4) is 0 Å². The van der Waals surface area contributed by atoms with Crippen LogP contribution >= 0.6 is 11.6 Å². The number of nitrogens with zero attached hydrogens (tertiary/aromatic N) is 1. The molecule has 2 rings (SSSR count). The fourth-order valence-corrected chi connectivity index (χ4v) is 2.62. The van der Waals surface area contributed by atoms with Gasteiger partial charge in [0, 0.05) is 30.3 Å². The lowest BCUT2D eigenvalue weighted by molar-refractivity contribution is 0.627. The second kappa shape index (κ2) is 6.92. The third kappa shape index (κ3) is 4.19. The number of anilines is 1. The van der Waals surface area contributed by atoms with E-state index in [1.54, 1.807) is 12.1 Å². The minimum atomic E-state index is -0.221. The molecule has 2 nitrogen and oxygen atoms in total. The zero-order valence-corrected chi connectivity index (χ0v) is 13.1. The third-order valence-corrected chi connectivity index (χ3v) is 3.72. The number of benzene rings is 2. The zero-order valence-electron chi connectivity index (χ0n) is 12.3. The predicted octanol–water partition coefficient (Wildman–Crippen LogP) is 4.01. The molecule has 0 heterocycles. The standard InChI is InChI=1S/C17H20ClFN2/c1-12(20)10-15-16(18)4-3-5-17(15)21(2)11-13-6-8-14(19)9-7-13/h3-9,12H,10-11,20H2,1-2H3. The van der Waals surface area contributed by atoms with Crippen LogP contribution in [-0.4, -0.2) is 13.1 Å². The van der Waals surface area contributed by atoms with E-state index in [9.17, 15) is 4.39 Å². The topological polar surface area (TPSA) is 29.3 Å². The fourth-order valence-electron chi connectivity index (χ4n) is 2.38. The van der Waals surface area contributed by atoms with Crippen molar-refractivity contribution in [3.05, 3.63) is 64.4 Å². The molecular weight excluding hydrogens is 287 g/mol. The van der Waals surface area contributed by atoms with E-state index in [4.69, 9.17) is 17.3 Å². The predicted molar refractivity (Wildman–Crippen MR) is 87.3 cm³/mol. The third-order valence-electron chi connectivity index (χ3n) is 3.36. The Hall–Kier alpha value is -1.58. The molecule has 21 heavy (non-hydrogen) atoms. The van der Waals surface area contributed by atoms with Crippen molar-refractivity contribution in [3.63, 3.8) is 0 Å². The van der Waals surface area contributed by atoms with Crippen LogP contribution in [0.2, 0.25) is 5.02 Å². The second-order valence-electron chi connectivity index (χ2n) is 5.40. The van der Waals surface area contributed by atoms with E-state index in [-0.39, 0.29) is 11.9 Å². The van der Waals surface area contributed by atoms with Crippen molar-refractivity contribution < 1.29 is 4.39 Å². The molecule has 2 aromatic carbocycles. The molecule has 2 N–H and O–H groups in total. The van der Waals surface area contributed by atoms with E-state index >= 15 is 0 Å². The van der Waals surface area contributed by atoms with E-state index in [0.29, 0.717) is 6.54 Å². The van der Waals surface area contributed by atoms with Crippen LogP contribution in [-0.2, 0) is 13.0 Å². The van der Waals surface area contributed by atoms with E-state index in [2.05, 4.69) is 4.90 Å². The fraction of sp³-hybridized carbons (Fsp3) is 0.294. The maximum absolute atomic E-state index is 13.0. The van der Waals surface area contributed by atoms with E-state index in [1.165, 1.54) is 12.1 Å². The van der Waals surface area contributed by atoms with Crippen molar-refractivity contribution in [1.82, 2.24) is 0 Å². The molecule has 4 heteroatoms. The molecule has 0 saturated heterocycles. The molecule has 2 aromatic rings. The summed E-state index contributed by atoms with van der Waals surface area (Å²) in [7, 11) is 2.00. The van der Waals surface area contributed by atoms with Gasteiger partial charge in [0.05, 0.1) is 0 Å². The molecule has 0 fully saturated rings. The molecule has 0 aliphatic heterocycles. The first kappa shape index (κ1) is 15.8. The lowest BCUT2D eigenvalue weighted by Crippen LogP contribution is -2.22. The Morgan fingerprint density at radius 1 is 1.19 bits per heavy atom. The number of nitrogens with two attached hydrogens (primary N) is 1. The zero-order chi connectivity index (χ0) is 15.4. The van der Waals surface area contributed by atoms with Crippen molar-refractivity contribution in [1.29, 1.82) is 0 Å². The van der Waals surface area contributed by atoms with E-state index in [1.807, 2.05) is 32.2 Å². The van der Waals surface area contributed by atoms with Crippen molar-refractivity contribution in [2.75, 3.05) is 11.9 Å². The Bertz CT molecular complexity index is 596. The summed E-state index contributed by atoms with van der Waals surface area (Å²) in [6.45, 7) is 2.65. The van der Waals surface area contributed by atoms with Gasteiger partial charge in [0.2, 0.25) is 0 Å². The minimum absolute atomic E-state index is 0.0443. The summed E-state index contributed by atoms with van der Waals surface area (Å²) >= 11 is 6.31. The molecule has 1 atom stereocenters. The summed E-state index contributed by atoms with van der Waals surface area (Å²) in [6, 6.07) is 12.4. The Labute approximate surface area is 130 Å². The van der Waals surface area contributed by atoms with Gasteiger partial charge < -0.3 is 10.6 Å². The molecule has 0 saturated carbocycles. The van der Waals surface area contributed by atoms with Gasteiger partial charge in [-0.3, -0.25) is 0 Å². The monoisotopic (exact) mass is 306 g/mol. The van der Waals surface area contributed by atoms with Crippen LogP contribution in [0.15, 0.2) is 42.5 Å². The van der Waals surface area contributed by atoms with Gasteiger partial charge in [-0.05, 0) is 48.7 Å². The number of rotatable bonds is 5. The molecule has 0 radical (unpaired) electrons. The molecule has 112 valence electrons. The summed E-state index contributed by atoms with van der Waals surface area (Å²) in [5, 5.41) is 0.732. The molecule has 0 spiro atoms.